The van der Waals surface area contributed by atoms with E-state index in [1.54, 1.807) is 7.11 Å². The number of halogens is 1. The molecule has 1 heterocycles. The Morgan fingerprint density at radius 2 is 1.61 bits per heavy atom. The lowest BCUT2D eigenvalue weighted by molar-refractivity contribution is -0.138. The molecule has 1 fully saturated rings. The van der Waals surface area contributed by atoms with Gasteiger partial charge in [0, 0.05) is 37.7 Å². The quantitative estimate of drug-likeness (QED) is 0.366. The zero-order chi connectivity index (χ0) is 25.2. The predicted molar refractivity (Wildman–Crippen MR) is 141 cm³/mol. The summed E-state index contributed by atoms with van der Waals surface area (Å²) < 4.78 is 17.4. The highest BCUT2D eigenvalue weighted by atomic mass is 35.5. The highest BCUT2D eigenvalue weighted by molar-refractivity contribution is 6.30. The molecule has 0 saturated carbocycles. The number of methoxy groups -OCH3 is 1. The van der Waals surface area contributed by atoms with Crippen LogP contribution >= 0.6 is 11.6 Å². The predicted octanol–water partition coefficient (Wildman–Crippen LogP) is 4.97. The van der Waals surface area contributed by atoms with Gasteiger partial charge in [-0.3, -0.25) is 9.69 Å². The van der Waals surface area contributed by atoms with E-state index in [-0.39, 0.29) is 18.6 Å². The molecule has 190 valence electrons. The third kappa shape index (κ3) is 7.80. The van der Waals surface area contributed by atoms with Crippen LogP contribution in [0, 0.1) is 0 Å². The average Bonchev–Trinajstić information content (AvgIpc) is 2.92. The number of hydrogen-bond acceptors (Lipinski definition) is 5. The number of rotatable bonds is 11. The Kier molecular flexibility index (Phi) is 9.76. The van der Waals surface area contributed by atoms with Gasteiger partial charge < -0.3 is 19.1 Å². The van der Waals surface area contributed by atoms with Gasteiger partial charge in [0.15, 0.2) is 0 Å². The van der Waals surface area contributed by atoms with Crippen LogP contribution in [0.3, 0.4) is 0 Å². The molecular formula is C29H33ClN2O4. The molecular weight excluding hydrogens is 476 g/mol. The van der Waals surface area contributed by atoms with Crippen molar-refractivity contribution in [2.75, 3.05) is 46.4 Å². The normalized spacial score (nSPS) is 15.0. The first kappa shape index (κ1) is 26.2. The summed E-state index contributed by atoms with van der Waals surface area (Å²) in [6.07, 6.45) is -0.120. The summed E-state index contributed by atoms with van der Waals surface area (Å²) in [6, 6.07) is 25.6. The van der Waals surface area contributed by atoms with Gasteiger partial charge in [0.05, 0.1) is 26.4 Å². The molecule has 36 heavy (non-hydrogen) atoms. The van der Waals surface area contributed by atoms with Crippen LogP contribution in [0.5, 0.6) is 5.75 Å². The lowest BCUT2D eigenvalue weighted by Crippen LogP contribution is -2.50. The van der Waals surface area contributed by atoms with Gasteiger partial charge >= 0.3 is 0 Å². The van der Waals surface area contributed by atoms with Crippen molar-refractivity contribution in [3.05, 3.63) is 101 Å². The van der Waals surface area contributed by atoms with Crippen LogP contribution in [0.25, 0.3) is 0 Å². The molecule has 0 aliphatic carbocycles. The smallest absolute Gasteiger partial charge is 0.248 e. The third-order valence-corrected chi connectivity index (χ3v) is 6.57. The van der Waals surface area contributed by atoms with Gasteiger partial charge in [0.2, 0.25) is 5.91 Å². The summed E-state index contributed by atoms with van der Waals surface area (Å²) in [6.45, 7) is 4.69. The number of carbonyl (C=O) groups is 1. The van der Waals surface area contributed by atoms with Crippen LogP contribution in [0.1, 0.15) is 22.8 Å². The van der Waals surface area contributed by atoms with Crippen molar-refractivity contribution in [2.45, 2.75) is 19.3 Å². The summed E-state index contributed by atoms with van der Waals surface area (Å²) in [5.41, 5.74) is 3.20. The molecule has 3 aromatic carbocycles. The van der Waals surface area contributed by atoms with E-state index in [2.05, 4.69) is 4.90 Å². The van der Waals surface area contributed by atoms with Crippen LogP contribution < -0.4 is 4.74 Å². The van der Waals surface area contributed by atoms with E-state index in [1.165, 1.54) is 0 Å². The minimum atomic E-state index is -0.120. The summed E-state index contributed by atoms with van der Waals surface area (Å²) >= 11 is 6.12. The van der Waals surface area contributed by atoms with Crippen molar-refractivity contribution in [1.29, 1.82) is 0 Å². The second-order valence-corrected chi connectivity index (χ2v) is 9.30. The highest BCUT2D eigenvalue weighted by Gasteiger charge is 2.24. The van der Waals surface area contributed by atoms with Crippen LogP contribution in [0.15, 0.2) is 78.9 Å². The van der Waals surface area contributed by atoms with E-state index in [0.29, 0.717) is 31.3 Å². The second kappa shape index (κ2) is 13.4. The average molecular weight is 509 g/mol. The number of piperazine rings is 1. The van der Waals surface area contributed by atoms with Gasteiger partial charge in [0.1, 0.15) is 12.4 Å². The van der Waals surface area contributed by atoms with E-state index >= 15 is 0 Å². The fourth-order valence-electron chi connectivity index (χ4n) is 4.23. The standard InChI is InChI=1S/C29H33ClN2O4/c1-34-27-9-5-8-24(18-27)21-36-28(25-10-12-26(30)13-11-25)19-31-14-16-32(17-15-31)29(33)22-35-20-23-6-3-2-4-7-23/h2-13,18,28H,14-17,19-22H2,1H3/t28-/m0/s1. The minimum absolute atomic E-state index is 0.0362. The molecule has 3 aromatic rings. The lowest BCUT2D eigenvalue weighted by atomic mass is 10.1. The Bertz CT molecular complexity index is 1090. The molecule has 1 aliphatic heterocycles. The topological polar surface area (TPSA) is 51.2 Å². The summed E-state index contributed by atoms with van der Waals surface area (Å²) in [4.78, 5) is 16.8. The molecule has 0 bridgehead atoms. The van der Waals surface area contributed by atoms with Crippen molar-refractivity contribution < 1.29 is 19.0 Å². The molecule has 4 rings (SSSR count). The molecule has 0 radical (unpaired) electrons. The largest absolute Gasteiger partial charge is 0.497 e. The molecule has 1 aliphatic rings. The van der Waals surface area contributed by atoms with E-state index in [4.69, 9.17) is 25.8 Å². The first-order valence-corrected chi connectivity index (χ1v) is 12.6. The van der Waals surface area contributed by atoms with Gasteiger partial charge in [-0.25, -0.2) is 0 Å². The Balaban J connectivity index is 1.29. The maximum Gasteiger partial charge on any atom is 0.248 e. The Labute approximate surface area is 218 Å². The molecule has 1 amide bonds. The first-order chi connectivity index (χ1) is 17.6. The molecule has 0 spiro atoms. The van der Waals surface area contributed by atoms with E-state index in [0.717, 1.165) is 42.1 Å². The van der Waals surface area contributed by atoms with Crippen LogP contribution in [-0.4, -0.2) is 62.1 Å². The van der Waals surface area contributed by atoms with Gasteiger partial charge in [-0.2, -0.15) is 0 Å². The number of nitrogens with zero attached hydrogens (tertiary/aromatic N) is 2. The molecule has 7 heteroatoms. The molecule has 0 unspecified atom stereocenters. The molecule has 6 nitrogen and oxygen atoms in total. The summed E-state index contributed by atoms with van der Waals surface area (Å²) in [5.74, 6) is 0.849. The van der Waals surface area contributed by atoms with Crippen molar-refractivity contribution >= 4 is 17.5 Å². The maximum absolute atomic E-state index is 12.6. The van der Waals surface area contributed by atoms with Crippen molar-refractivity contribution in [2.24, 2.45) is 0 Å². The number of carbonyl (C=O) groups excluding carboxylic acids is 1. The highest BCUT2D eigenvalue weighted by Crippen LogP contribution is 2.24. The SMILES string of the molecule is COc1cccc(CO[C@@H](CN2CCN(C(=O)COCc3ccccc3)CC2)c2ccc(Cl)cc2)c1. The van der Waals surface area contributed by atoms with Gasteiger partial charge in [-0.1, -0.05) is 66.2 Å². The monoisotopic (exact) mass is 508 g/mol. The van der Waals surface area contributed by atoms with Crippen molar-refractivity contribution in [1.82, 2.24) is 9.80 Å². The fourth-order valence-corrected chi connectivity index (χ4v) is 4.35. The fraction of sp³-hybridized carbons (Fsp3) is 0.345. The molecule has 0 N–H and O–H groups in total. The van der Waals surface area contributed by atoms with Crippen molar-refractivity contribution in [3.63, 3.8) is 0 Å². The Hall–Kier alpha value is -2.90. The number of benzene rings is 3. The Morgan fingerprint density at radius 3 is 2.33 bits per heavy atom. The molecule has 0 aromatic heterocycles. The molecule has 1 atom stereocenters. The van der Waals surface area contributed by atoms with Crippen LogP contribution in [0.2, 0.25) is 5.02 Å². The lowest BCUT2D eigenvalue weighted by Gasteiger charge is -2.36. The van der Waals surface area contributed by atoms with E-state index in [1.807, 2.05) is 83.8 Å². The van der Waals surface area contributed by atoms with Crippen molar-refractivity contribution in [3.8, 4) is 5.75 Å². The van der Waals surface area contributed by atoms with Gasteiger partial charge in [-0.05, 0) is 41.0 Å². The maximum atomic E-state index is 12.6. The number of ether oxygens (including phenoxy) is 3. The minimum Gasteiger partial charge on any atom is -0.497 e. The first-order valence-electron chi connectivity index (χ1n) is 12.2. The summed E-state index contributed by atoms with van der Waals surface area (Å²) in [7, 11) is 1.66. The Morgan fingerprint density at radius 1 is 0.889 bits per heavy atom. The second-order valence-electron chi connectivity index (χ2n) is 8.86. The zero-order valence-electron chi connectivity index (χ0n) is 20.6. The molecule has 1 saturated heterocycles. The van der Waals surface area contributed by atoms with Gasteiger partial charge in [0.25, 0.3) is 0 Å². The third-order valence-electron chi connectivity index (χ3n) is 6.31. The van der Waals surface area contributed by atoms with E-state index < -0.39 is 0 Å². The summed E-state index contributed by atoms with van der Waals surface area (Å²) in [5, 5.41) is 0.701. The van der Waals surface area contributed by atoms with Crippen LogP contribution in [-0.2, 0) is 27.5 Å². The number of amides is 1. The van der Waals surface area contributed by atoms with Crippen LogP contribution in [0.4, 0.5) is 0 Å². The van der Waals surface area contributed by atoms with E-state index in [9.17, 15) is 4.79 Å². The zero-order valence-corrected chi connectivity index (χ0v) is 21.4. The van der Waals surface area contributed by atoms with Gasteiger partial charge in [-0.15, -0.1) is 0 Å². The number of hydrogen-bond donors (Lipinski definition) is 0.